The highest BCUT2D eigenvalue weighted by Crippen LogP contribution is 2.36. The van der Waals surface area contributed by atoms with Crippen LogP contribution < -0.4 is 15.0 Å². The molecule has 0 saturated carbocycles. The molecule has 1 unspecified atom stereocenters. The summed E-state index contributed by atoms with van der Waals surface area (Å²) < 4.78 is 5.71. The maximum absolute atomic E-state index is 12.7. The molecule has 4 rings (SSSR count). The third kappa shape index (κ3) is 4.99. The molecular formula is C26H28N2O3S. The molecule has 1 aliphatic rings. The number of fused-ring (bicyclic) bond motifs is 1. The monoisotopic (exact) mass is 448 g/mol. The van der Waals surface area contributed by atoms with Gasteiger partial charge in [-0.3, -0.25) is 10.1 Å². The highest BCUT2D eigenvalue weighted by atomic mass is 32.1. The summed E-state index contributed by atoms with van der Waals surface area (Å²) in [5.74, 6) is 0.897. The number of carbonyl (C=O) groups excluding carboxylic acids is 1. The number of aliphatic hydroxyl groups is 1. The van der Waals surface area contributed by atoms with Crippen molar-refractivity contribution in [3.05, 3.63) is 89.0 Å². The summed E-state index contributed by atoms with van der Waals surface area (Å²) in [5, 5.41) is 13.7. The summed E-state index contributed by atoms with van der Waals surface area (Å²) in [7, 11) is 0. The van der Waals surface area contributed by atoms with Gasteiger partial charge in [-0.05, 0) is 52.4 Å². The van der Waals surface area contributed by atoms with Crippen LogP contribution in [-0.2, 0) is 17.9 Å². The first kappa shape index (κ1) is 22.4. The molecule has 1 aliphatic heterocycles. The van der Waals surface area contributed by atoms with Crippen LogP contribution in [0.15, 0.2) is 71.6 Å². The average Bonchev–Trinajstić information content (AvgIpc) is 2.80. The lowest BCUT2D eigenvalue weighted by atomic mass is 9.96. The molecule has 0 radical (unpaired) electrons. The van der Waals surface area contributed by atoms with Crippen molar-refractivity contribution in [2.75, 3.05) is 11.5 Å². The molecule has 3 aromatic rings. The molecule has 3 aromatic carbocycles. The molecule has 1 atom stereocenters. The molecule has 0 aliphatic carbocycles. The minimum Gasteiger partial charge on any atom is -0.482 e. The summed E-state index contributed by atoms with van der Waals surface area (Å²) in [6, 6.07) is 21.5. The Hall–Kier alpha value is -2.80. The van der Waals surface area contributed by atoms with Gasteiger partial charge in [0.05, 0.1) is 12.2 Å². The van der Waals surface area contributed by atoms with E-state index in [1.807, 2.05) is 48.5 Å². The van der Waals surface area contributed by atoms with Gasteiger partial charge in [-0.2, -0.15) is 0 Å². The molecule has 5 nitrogen and oxygen atoms in total. The van der Waals surface area contributed by atoms with Crippen molar-refractivity contribution in [2.24, 2.45) is 0 Å². The normalized spacial score (nSPS) is 14.3. The Morgan fingerprint density at radius 1 is 1.09 bits per heavy atom. The SMILES string of the molecule is CC(C)c1ccccc1CN1C(=O)COc2cc(C(O)NCc3ccc(S)cc3)ccc21. The number of benzene rings is 3. The van der Waals surface area contributed by atoms with Crippen molar-refractivity contribution in [2.45, 2.75) is 44.0 Å². The number of thiol groups is 1. The van der Waals surface area contributed by atoms with Crippen LogP contribution in [0.5, 0.6) is 5.75 Å². The number of hydrogen-bond acceptors (Lipinski definition) is 5. The predicted octanol–water partition coefficient (Wildman–Crippen LogP) is 4.81. The molecule has 6 heteroatoms. The summed E-state index contributed by atoms with van der Waals surface area (Å²) in [5.41, 5.74) is 4.82. The smallest absolute Gasteiger partial charge is 0.265 e. The minimum atomic E-state index is -0.854. The van der Waals surface area contributed by atoms with E-state index in [1.165, 1.54) is 5.56 Å². The van der Waals surface area contributed by atoms with E-state index < -0.39 is 6.23 Å². The number of ether oxygens (including phenoxy) is 1. The number of rotatable bonds is 7. The van der Waals surface area contributed by atoms with Crippen LogP contribution in [0.1, 0.15) is 48.2 Å². The molecule has 0 fully saturated rings. The Morgan fingerprint density at radius 2 is 1.84 bits per heavy atom. The Bertz CT molecular complexity index is 1100. The molecule has 1 amide bonds. The molecule has 166 valence electrons. The molecular weight excluding hydrogens is 420 g/mol. The van der Waals surface area contributed by atoms with Crippen molar-refractivity contribution in [3.8, 4) is 5.75 Å². The fraction of sp³-hybridized carbons (Fsp3) is 0.269. The number of amides is 1. The lowest BCUT2D eigenvalue weighted by Gasteiger charge is -2.31. The van der Waals surface area contributed by atoms with Crippen molar-refractivity contribution in [1.29, 1.82) is 0 Å². The largest absolute Gasteiger partial charge is 0.482 e. The molecule has 2 N–H and O–H groups in total. The zero-order chi connectivity index (χ0) is 22.7. The van der Waals surface area contributed by atoms with Crippen LogP contribution in [0.2, 0.25) is 0 Å². The molecule has 0 bridgehead atoms. The van der Waals surface area contributed by atoms with Gasteiger partial charge < -0.3 is 14.7 Å². The van der Waals surface area contributed by atoms with Crippen LogP contribution in [0.3, 0.4) is 0 Å². The van der Waals surface area contributed by atoms with E-state index in [0.717, 1.165) is 21.7 Å². The molecule has 0 saturated heterocycles. The third-order valence-electron chi connectivity index (χ3n) is 5.68. The van der Waals surface area contributed by atoms with Crippen LogP contribution in [0.4, 0.5) is 5.69 Å². The fourth-order valence-corrected chi connectivity index (χ4v) is 4.07. The van der Waals surface area contributed by atoms with E-state index in [-0.39, 0.29) is 12.5 Å². The second-order valence-corrected chi connectivity index (χ2v) is 8.82. The first-order chi connectivity index (χ1) is 15.4. The average molecular weight is 449 g/mol. The van der Waals surface area contributed by atoms with E-state index in [0.29, 0.717) is 30.3 Å². The standard InChI is InChI=1S/C26H28N2O3S/c1-17(2)22-6-4-3-5-20(22)15-28-23-12-9-19(13-24(23)31-16-25(28)29)26(30)27-14-18-7-10-21(32)11-8-18/h3-13,17,26-27,30,32H,14-16H2,1-2H3. The predicted molar refractivity (Wildman–Crippen MR) is 129 cm³/mol. The lowest BCUT2D eigenvalue weighted by Crippen LogP contribution is -2.38. The van der Waals surface area contributed by atoms with Gasteiger partial charge in [0.2, 0.25) is 0 Å². The summed E-state index contributed by atoms with van der Waals surface area (Å²) in [6.07, 6.45) is -0.854. The number of nitrogens with zero attached hydrogens (tertiary/aromatic N) is 1. The maximum atomic E-state index is 12.7. The van der Waals surface area contributed by atoms with Crippen LogP contribution in [-0.4, -0.2) is 17.6 Å². The van der Waals surface area contributed by atoms with E-state index >= 15 is 0 Å². The lowest BCUT2D eigenvalue weighted by molar-refractivity contribution is -0.121. The van der Waals surface area contributed by atoms with Crippen LogP contribution in [0, 0.1) is 0 Å². The first-order valence-corrected chi connectivity index (χ1v) is 11.2. The highest BCUT2D eigenvalue weighted by Gasteiger charge is 2.27. The van der Waals surface area contributed by atoms with Gasteiger partial charge in [0.1, 0.15) is 12.0 Å². The number of aliphatic hydroxyl groups excluding tert-OH is 1. The molecule has 0 aromatic heterocycles. The summed E-state index contributed by atoms with van der Waals surface area (Å²) in [4.78, 5) is 15.3. The number of nitrogens with one attached hydrogen (secondary N) is 1. The zero-order valence-electron chi connectivity index (χ0n) is 18.3. The van der Waals surface area contributed by atoms with Crippen LogP contribution in [0.25, 0.3) is 0 Å². The van der Waals surface area contributed by atoms with Crippen molar-refractivity contribution >= 4 is 24.2 Å². The Kier molecular flexibility index (Phi) is 6.84. The number of carbonyl (C=O) groups is 1. The first-order valence-electron chi connectivity index (χ1n) is 10.8. The number of hydrogen-bond donors (Lipinski definition) is 3. The topological polar surface area (TPSA) is 61.8 Å². The zero-order valence-corrected chi connectivity index (χ0v) is 19.2. The maximum Gasteiger partial charge on any atom is 0.265 e. The quantitative estimate of drug-likeness (QED) is 0.359. The van der Waals surface area contributed by atoms with Gasteiger partial charge in [0.15, 0.2) is 6.61 Å². The third-order valence-corrected chi connectivity index (χ3v) is 5.98. The van der Waals surface area contributed by atoms with Crippen molar-refractivity contribution in [3.63, 3.8) is 0 Å². The number of anilines is 1. The Balaban J connectivity index is 1.51. The van der Waals surface area contributed by atoms with E-state index in [1.54, 1.807) is 11.0 Å². The highest BCUT2D eigenvalue weighted by molar-refractivity contribution is 7.80. The second-order valence-electron chi connectivity index (χ2n) is 8.30. The van der Waals surface area contributed by atoms with Gasteiger partial charge in [-0.25, -0.2) is 0 Å². The van der Waals surface area contributed by atoms with Gasteiger partial charge in [-0.1, -0.05) is 56.3 Å². The van der Waals surface area contributed by atoms with Gasteiger partial charge in [0, 0.05) is 11.4 Å². The summed E-state index contributed by atoms with van der Waals surface area (Å²) >= 11 is 4.29. The minimum absolute atomic E-state index is 0.0140. The van der Waals surface area contributed by atoms with Gasteiger partial charge in [-0.15, -0.1) is 12.6 Å². The van der Waals surface area contributed by atoms with Gasteiger partial charge in [0.25, 0.3) is 5.91 Å². The van der Waals surface area contributed by atoms with Crippen LogP contribution >= 0.6 is 12.6 Å². The Labute approximate surface area is 194 Å². The van der Waals surface area contributed by atoms with Crippen molar-refractivity contribution in [1.82, 2.24) is 5.32 Å². The summed E-state index contributed by atoms with van der Waals surface area (Å²) in [6.45, 7) is 5.30. The van der Waals surface area contributed by atoms with Crippen molar-refractivity contribution < 1.29 is 14.6 Å². The fourth-order valence-electron chi connectivity index (χ4n) is 3.92. The molecule has 0 spiro atoms. The second kappa shape index (κ2) is 9.77. The van der Waals surface area contributed by atoms with Gasteiger partial charge >= 0.3 is 0 Å². The molecule has 1 heterocycles. The van der Waals surface area contributed by atoms with E-state index in [2.05, 4.69) is 43.9 Å². The Morgan fingerprint density at radius 3 is 2.59 bits per heavy atom. The van der Waals surface area contributed by atoms with E-state index in [9.17, 15) is 9.90 Å². The van der Waals surface area contributed by atoms with E-state index in [4.69, 9.17) is 4.74 Å². The molecule has 32 heavy (non-hydrogen) atoms.